The molecule has 2 aromatic rings. The Hall–Kier alpha value is -2.26. The average molecular weight is 431 g/mol. The number of carbonyl (C=O) groups excluding carboxylic acids is 1. The van der Waals surface area contributed by atoms with Crippen molar-refractivity contribution in [3.63, 3.8) is 0 Å². The van der Waals surface area contributed by atoms with Gasteiger partial charge in [0.05, 0.1) is 11.4 Å². The number of thioether (sulfide) groups is 1. The number of rotatable bonds is 10. The van der Waals surface area contributed by atoms with Gasteiger partial charge in [-0.1, -0.05) is 68.0 Å². The zero-order chi connectivity index (χ0) is 20.6. The summed E-state index contributed by atoms with van der Waals surface area (Å²) in [6.45, 7) is 6.81. The SMILES string of the molecule is CCCCN(CCCC)c1ccc(C=C2SC(=S)N(Cc3nn[nH]n3)C2=O)cc1. The predicted octanol–water partition coefficient (Wildman–Crippen LogP) is 4.01. The lowest BCUT2D eigenvalue weighted by Gasteiger charge is -2.24. The van der Waals surface area contributed by atoms with Crippen LogP contribution in [-0.4, -0.2) is 48.8 Å². The number of aromatic amines is 1. The molecule has 1 aromatic carbocycles. The molecule has 0 radical (unpaired) electrons. The van der Waals surface area contributed by atoms with Gasteiger partial charge in [0.15, 0.2) is 5.82 Å². The molecular weight excluding hydrogens is 404 g/mol. The topological polar surface area (TPSA) is 78.0 Å². The molecule has 0 bridgehead atoms. The second kappa shape index (κ2) is 10.5. The van der Waals surface area contributed by atoms with Gasteiger partial charge in [-0.05, 0) is 36.6 Å². The third-order valence-electron chi connectivity index (χ3n) is 4.68. The fourth-order valence-electron chi connectivity index (χ4n) is 3.03. The third-order valence-corrected chi connectivity index (χ3v) is 6.06. The van der Waals surface area contributed by atoms with Crippen LogP contribution in [0, 0.1) is 0 Å². The monoisotopic (exact) mass is 430 g/mol. The number of nitrogens with one attached hydrogen (secondary N) is 1. The molecule has 29 heavy (non-hydrogen) atoms. The number of nitrogens with zero attached hydrogens (tertiary/aromatic N) is 5. The average Bonchev–Trinajstić information content (AvgIpc) is 3.33. The molecule has 1 N–H and O–H groups in total. The van der Waals surface area contributed by atoms with Gasteiger partial charge in [0.1, 0.15) is 4.32 Å². The smallest absolute Gasteiger partial charge is 0.266 e. The lowest BCUT2D eigenvalue weighted by atomic mass is 10.1. The van der Waals surface area contributed by atoms with Gasteiger partial charge in [-0.2, -0.15) is 5.21 Å². The van der Waals surface area contributed by atoms with Crippen molar-refractivity contribution >= 4 is 46.0 Å². The first-order chi connectivity index (χ1) is 14.1. The Morgan fingerprint density at radius 1 is 1.17 bits per heavy atom. The molecule has 0 atom stereocenters. The summed E-state index contributed by atoms with van der Waals surface area (Å²) in [7, 11) is 0. The van der Waals surface area contributed by atoms with Crippen molar-refractivity contribution in [2.24, 2.45) is 0 Å². The number of amides is 1. The van der Waals surface area contributed by atoms with Crippen LogP contribution in [0.25, 0.3) is 6.08 Å². The predicted molar refractivity (Wildman–Crippen MR) is 121 cm³/mol. The Labute approximate surface area is 180 Å². The van der Waals surface area contributed by atoms with Crippen molar-refractivity contribution < 1.29 is 4.79 Å². The van der Waals surface area contributed by atoms with Crippen LogP contribution < -0.4 is 4.90 Å². The van der Waals surface area contributed by atoms with Crippen LogP contribution in [0.3, 0.4) is 0 Å². The van der Waals surface area contributed by atoms with Gasteiger partial charge < -0.3 is 4.90 Å². The Bertz CT molecular complexity index is 842. The molecule has 1 amide bonds. The number of unbranched alkanes of at least 4 members (excludes halogenated alkanes) is 2. The fraction of sp³-hybridized carbons (Fsp3) is 0.450. The van der Waals surface area contributed by atoms with E-state index < -0.39 is 0 Å². The van der Waals surface area contributed by atoms with E-state index >= 15 is 0 Å². The molecule has 3 rings (SSSR count). The Balaban J connectivity index is 1.70. The number of H-pyrrole nitrogens is 1. The van der Waals surface area contributed by atoms with Crippen LogP contribution in [0.1, 0.15) is 50.9 Å². The number of tetrazole rings is 1. The normalized spacial score (nSPS) is 15.5. The van der Waals surface area contributed by atoms with Gasteiger partial charge in [-0.3, -0.25) is 9.69 Å². The number of hydrogen-bond donors (Lipinski definition) is 1. The van der Waals surface area contributed by atoms with Crippen LogP contribution >= 0.6 is 24.0 Å². The van der Waals surface area contributed by atoms with Crippen LogP contribution in [0.4, 0.5) is 5.69 Å². The molecule has 7 nitrogen and oxygen atoms in total. The third kappa shape index (κ3) is 5.63. The molecule has 9 heteroatoms. The van der Waals surface area contributed by atoms with Gasteiger partial charge in [-0.15, -0.1) is 10.2 Å². The molecule has 1 aromatic heterocycles. The highest BCUT2D eigenvalue weighted by Gasteiger charge is 2.32. The maximum atomic E-state index is 12.7. The highest BCUT2D eigenvalue weighted by atomic mass is 32.2. The first kappa shape index (κ1) is 21.4. The molecule has 1 aliphatic heterocycles. The highest BCUT2D eigenvalue weighted by Crippen LogP contribution is 2.33. The van der Waals surface area contributed by atoms with E-state index in [1.165, 1.54) is 48.0 Å². The van der Waals surface area contributed by atoms with Crippen LogP contribution in [0.2, 0.25) is 0 Å². The van der Waals surface area contributed by atoms with Crippen molar-refractivity contribution in [1.29, 1.82) is 0 Å². The van der Waals surface area contributed by atoms with E-state index in [0.717, 1.165) is 18.7 Å². The summed E-state index contributed by atoms with van der Waals surface area (Å²) in [5.74, 6) is 0.313. The molecule has 154 valence electrons. The Kier molecular flexibility index (Phi) is 7.76. The first-order valence-electron chi connectivity index (χ1n) is 9.95. The number of thiocarbonyl (C=S) groups is 1. The number of aromatic nitrogens is 4. The second-order valence-corrected chi connectivity index (χ2v) is 8.56. The quantitative estimate of drug-likeness (QED) is 0.451. The number of anilines is 1. The molecule has 2 heterocycles. The maximum absolute atomic E-state index is 12.7. The van der Waals surface area contributed by atoms with Crippen molar-refractivity contribution in [2.75, 3.05) is 18.0 Å². The molecular formula is C20H26N6OS2. The zero-order valence-electron chi connectivity index (χ0n) is 16.8. The minimum Gasteiger partial charge on any atom is -0.372 e. The summed E-state index contributed by atoms with van der Waals surface area (Å²) in [6, 6.07) is 8.40. The van der Waals surface area contributed by atoms with Gasteiger partial charge in [0.25, 0.3) is 5.91 Å². The highest BCUT2D eigenvalue weighted by molar-refractivity contribution is 8.26. The van der Waals surface area contributed by atoms with Crippen LogP contribution in [0.15, 0.2) is 29.2 Å². The number of carbonyl (C=O) groups is 1. The van der Waals surface area contributed by atoms with Crippen molar-refractivity contribution in [1.82, 2.24) is 25.5 Å². The molecule has 0 unspecified atom stereocenters. The number of benzene rings is 1. The Morgan fingerprint density at radius 3 is 2.45 bits per heavy atom. The van der Waals surface area contributed by atoms with Crippen molar-refractivity contribution in [2.45, 2.75) is 46.1 Å². The lowest BCUT2D eigenvalue weighted by molar-refractivity contribution is -0.122. The summed E-state index contributed by atoms with van der Waals surface area (Å²) >= 11 is 6.66. The molecule has 1 saturated heterocycles. The first-order valence-corrected chi connectivity index (χ1v) is 11.2. The minimum absolute atomic E-state index is 0.124. The molecule has 1 fully saturated rings. The summed E-state index contributed by atoms with van der Waals surface area (Å²) in [5, 5.41) is 13.7. The maximum Gasteiger partial charge on any atom is 0.266 e. The van der Waals surface area contributed by atoms with E-state index in [1.807, 2.05) is 6.08 Å². The van der Waals surface area contributed by atoms with Gasteiger partial charge in [0, 0.05) is 18.8 Å². The van der Waals surface area contributed by atoms with Crippen LogP contribution in [0.5, 0.6) is 0 Å². The number of hydrogen-bond acceptors (Lipinski definition) is 7. The van der Waals surface area contributed by atoms with Crippen LogP contribution in [-0.2, 0) is 11.3 Å². The summed E-state index contributed by atoms with van der Waals surface area (Å²) in [4.78, 5) is 17.3. The molecule has 0 saturated carbocycles. The Morgan fingerprint density at radius 2 is 1.86 bits per heavy atom. The van der Waals surface area contributed by atoms with E-state index in [1.54, 1.807) is 0 Å². The fourth-order valence-corrected chi connectivity index (χ4v) is 4.28. The molecule has 0 aliphatic carbocycles. The second-order valence-electron chi connectivity index (χ2n) is 6.88. The van der Waals surface area contributed by atoms with Gasteiger partial charge >= 0.3 is 0 Å². The standard InChI is InChI=1S/C20H26N6OS2/c1-3-5-11-25(12-6-4-2)16-9-7-15(8-10-16)13-17-19(27)26(20(28)29-17)14-18-21-23-24-22-18/h7-10,13H,3-6,11-12,14H2,1-2H3,(H,21,22,23,24). The lowest BCUT2D eigenvalue weighted by Crippen LogP contribution is -2.27. The van der Waals surface area contributed by atoms with E-state index in [2.05, 4.69) is 63.6 Å². The van der Waals surface area contributed by atoms with E-state index in [4.69, 9.17) is 12.2 Å². The zero-order valence-corrected chi connectivity index (χ0v) is 18.4. The van der Waals surface area contributed by atoms with Gasteiger partial charge in [0.2, 0.25) is 0 Å². The van der Waals surface area contributed by atoms with Gasteiger partial charge in [-0.25, -0.2) is 0 Å². The summed E-state index contributed by atoms with van der Waals surface area (Å²) in [5.41, 5.74) is 2.22. The van der Waals surface area contributed by atoms with E-state index in [9.17, 15) is 4.79 Å². The molecule has 0 spiro atoms. The largest absolute Gasteiger partial charge is 0.372 e. The molecule has 1 aliphatic rings. The summed E-state index contributed by atoms with van der Waals surface area (Å²) < 4.78 is 0.507. The summed E-state index contributed by atoms with van der Waals surface area (Å²) in [6.07, 6.45) is 6.64. The van der Waals surface area contributed by atoms with E-state index in [0.29, 0.717) is 15.1 Å². The van der Waals surface area contributed by atoms with E-state index in [-0.39, 0.29) is 12.5 Å². The van der Waals surface area contributed by atoms with Crippen molar-refractivity contribution in [3.8, 4) is 0 Å². The van der Waals surface area contributed by atoms with Crippen molar-refractivity contribution in [3.05, 3.63) is 40.6 Å². The minimum atomic E-state index is -0.124.